The fraction of sp³-hybridized carbons (Fsp3) is 0.500. The standard InChI is InChI=1S/C14H15BrO4/c1-8(13(16)17)5-9-6-11-12(7-10(9)15)19-14(18-11)3-2-4-14/h6-8H,2-5H2,1H3,(H,16,17). The van der Waals surface area contributed by atoms with Gasteiger partial charge in [-0.05, 0) is 30.5 Å². The smallest absolute Gasteiger partial charge is 0.306 e. The third-order valence-corrected chi connectivity index (χ3v) is 4.51. The number of hydrogen-bond acceptors (Lipinski definition) is 3. The van der Waals surface area contributed by atoms with Crippen molar-refractivity contribution in [2.75, 3.05) is 0 Å². The zero-order chi connectivity index (χ0) is 13.6. The summed E-state index contributed by atoms with van der Waals surface area (Å²) >= 11 is 3.48. The molecular formula is C14H15BrO4. The van der Waals surface area contributed by atoms with E-state index in [1.54, 1.807) is 6.92 Å². The van der Waals surface area contributed by atoms with Crippen molar-refractivity contribution in [2.24, 2.45) is 5.92 Å². The topological polar surface area (TPSA) is 55.8 Å². The van der Waals surface area contributed by atoms with Gasteiger partial charge >= 0.3 is 5.97 Å². The van der Waals surface area contributed by atoms with E-state index in [4.69, 9.17) is 14.6 Å². The number of ether oxygens (including phenoxy) is 2. The minimum atomic E-state index is -0.792. The molecule has 1 heterocycles. The van der Waals surface area contributed by atoms with Crippen molar-refractivity contribution in [1.29, 1.82) is 0 Å². The summed E-state index contributed by atoms with van der Waals surface area (Å²) in [4.78, 5) is 10.9. The van der Waals surface area contributed by atoms with E-state index in [9.17, 15) is 4.79 Å². The molecule has 5 heteroatoms. The van der Waals surface area contributed by atoms with Gasteiger partial charge in [-0.15, -0.1) is 0 Å². The predicted molar refractivity (Wildman–Crippen MR) is 72.5 cm³/mol. The van der Waals surface area contributed by atoms with E-state index < -0.39 is 17.7 Å². The van der Waals surface area contributed by atoms with Gasteiger partial charge in [-0.1, -0.05) is 22.9 Å². The molecule has 1 unspecified atom stereocenters. The van der Waals surface area contributed by atoms with Crippen LogP contribution in [-0.4, -0.2) is 16.9 Å². The van der Waals surface area contributed by atoms with Crippen LogP contribution in [0.5, 0.6) is 11.5 Å². The van der Waals surface area contributed by atoms with Crippen LogP contribution in [0.4, 0.5) is 0 Å². The number of carboxylic acids is 1. The van der Waals surface area contributed by atoms with E-state index >= 15 is 0 Å². The number of hydrogen-bond donors (Lipinski definition) is 1. The fourth-order valence-corrected chi connectivity index (χ4v) is 2.89. The lowest BCUT2D eigenvalue weighted by Crippen LogP contribution is -2.45. The number of aliphatic carboxylic acids is 1. The van der Waals surface area contributed by atoms with Gasteiger partial charge < -0.3 is 14.6 Å². The summed E-state index contributed by atoms with van der Waals surface area (Å²) in [5.41, 5.74) is 0.939. The first-order chi connectivity index (χ1) is 8.99. The molecule has 1 aromatic rings. The molecule has 0 amide bonds. The molecule has 2 aliphatic rings. The van der Waals surface area contributed by atoms with Gasteiger partial charge in [0, 0.05) is 17.3 Å². The third kappa shape index (κ3) is 2.20. The Morgan fingerprint density at radius 3 is 2.58 bits per heavy atom. The van der Waals surface area contributed by atoms with Crippen molar-refractivity contribution in [3.05, 3.63) is 22.2 Å². The minimum Gasteiger partial charge on any atom is -0.481 e. The van der Waals surface area contributed by atoms with E-state index in [1.165, 1.54) is 0 Å². The molecule has 3 rings (SSSR count). The minimum absolute atomic E-state index is 0.422. The lowest BCUT2D eigenvalue weighted by atomic mass is 9.91. The zero-order valence-electron chi connectivity index (χ0n) is 10.6. The first-order valence-corrected chi connectivity index (χ1v) is 7.22. The largest absolute Gasteiger partial charge is 0.481 e. The van der Waals surface area contributed by atoms with Crippen molar-refractivity contribution < 1.29 is 19.4 Å². The maximum Gasteiger partial charge on any atom is 0.306 e. The van der Waals surface area contributed by atoms with Crippen LogP contribution in [-0.2, 0) is 11.2 Å². The quantitative estimate of drug-likeness (QED) is 0.925. The highest BCUT2D eigenvalue weighted by Gasteiger charge is 2.47. The molecule has 1 N–H and O–H groups in total. The molecule has 4 nitrogen and oxygen atoms in total. The Kier molecular flexibility index (Phi) is 2.96. The summed E-state index contributed by atoms with van der Waals surface area (Å²) < 4.78 is 12.6. The highest BCUT2D eigenvalue weighted by Crippen LogP contribution is 2.49. The van der Waals surface area contributed by atoms with E-state index in [2.05, 4.69) is 15.9 Å². The van der Waals surface area contributed by atoms with Crippen LogP contribution in [0.3, 0.4) is 0 Å². The van der Waals surface area contributed by atoms with Crippen LogP contribution in [0.25, 0.3) is 0 Å². The Hall–Kier alpha value is -1.23. The van der Waals surface area contributed by atoms with Gasteiger partial charge in [-0.2, -0.15) is 0 Å². The Bertz CT molecular complexity index is 536. The Balaban J connectivity index is 1.85. The molecule has 1 spiro atoms. The van der Waals surface area contributed by atoms with Crippen LogP contribution in [0.2, 0.25) is 0 Å². The fourth-order valence-electron chi connectivity index (χ4n) is 2.40. The predicted octanol–water partition coefficient (Wildman–Crippen LogP) is 3.36. The first-order valence-electron chi connectivity index (χ1n) is 6.42. The lowest BCUT2D eigenvalue weighted by Gasteiger charge is -2.35. The summed E-state index contributed by atoms with van der Waals surface area (Å²) in [5, 5.41) is 8.99. The molecule has 1 aromatic carbocycles. The maximum atomic E-state index is 10.9. The highest BCUT2D eigenvalue weighted by molar-refractivity contribution is 9.10. The van der Waals surface area contributed by atoms with Gasteiger partial charge in [0.1, 0.15) is 0 Å². The molecule has 0 radical (unpaired) electrons. The molecule has 19 heavy (non-hydrogen) atoms. The molecule has 0 bridgehead atoms. The zero-order valence-corrected chi connectivity index (χ0v) is 12.2. The number of carbonyl (C=O) groups is 1. The van der Waals surface area contributed by atoms with Gasteiger partial charge in [0.25, 0.3) is 5.79 Å². The first kappa shape index (κ1) is 12.8. The van der Waals surface area contributed by atoms with Gasteiger partial charge in [-0.3, -0.25) is 4.79 Å². The molecule has 0 aromatic heterocycles. The number of benzene rings is 1. The van der Waals surface area contributed by atoms with Gasteiger partial charge in [0.15, 0.2) is 11.5 Å². The molecule has 1 atom stereocenters. The second kappa shape index (κ2) is 4.40. The SMILES string of the molecule is CC(Cc1cc2c(cc1Br)OC1(CCC1)O2)C(=O)O. The summed E-state index contributed by atoms with van der Waals surface area (Å²) in [6.45, 7) is 1.70. The van der Waals surface area contributed by atoms with Crippen molar-refractivity contribution >= 4 is 21.9 Å². The van der Waals surface area contributed by atoms with E-state index in [1.807, 2.05) is 12.1 Å². The Morgan fingerprint density at radius 2 is 2.05 bits per heavy atom. The number of carboxylic acid groups (broad SMARTS) is 1. The van der Waals surface area contributed by atoms with E-state index in [-0.39, 0.29) is 0 Å². The number of fused-ring (bicyclic) bond motifs is 1. The Morgan fingerprint density at radius 1 is 1.42 bits per heavy atom. The normalized spacial score (nSPS) is 20.1. The highest BCUT2D eigenvalue weighted by atomic mass is 79.9. The average Bonchev–Trinajstić information content (AvgIpc) is 2.67. The van der Waals surface area contributed by atoms with Gasteiger partial charge in [0.2, 0.25) is 0 Å². The summed E-state index contributed by atoms with van der Waals surface area (Å²) in [6.07, 6.45) is 3.43. The van der Waals surface area contributed by atoms with Crippen LogP contribution in [0.15, 0.2) is 16.6 Å². The van der Waals surface area contributed by atoms with Crippen LogP contribution in [0, 0.1) is 5.92 Å². The second-order valence-corrected chi connectivity index (χ2v) is 6.16. The summed E-state index contributed by atoms with van der Waals surface area (Å²) in [6, 6.07) is 3.78. The van der Waals surface area contributed by atoms with Crippen molar-refractivity contribution in [1.82, 2.24) is 0 Å². The summed E-state index contributed by atoms with van der Waals surface area (Å²) in [7, 11) is 0. The number of rotatable bonds is 3. The monoisotopic (exact) mass is 326 g/mol. The number of halogens is 1. The van der Waals surface area contributed by atoms with Crippen LogP contribution in [0.1, 0.15) is 31.7 Å². The molecule has 1 saturated carbocycles. The van der Waals surface area contributed by atoms with Crippen LogP contribution < -0.4 is 9.47 Å². The second-order valence-electron chi connectivity index (χ2n) is 5.30. The lowest BCUT2D eigenvalue weighted by molar-refractivity contribution is -0.141. The molecule has 0 saturated heterocycles. The van der Waals surface area contributed by atoms with Crippen LogP contribution >= 0.6 is 15.9 Å². The van der Waals surface area contributed by atoms with Crippen molar-refractivity contribution in [2.45, 2.75) is 38.4 Å². The molecule has 1 aliphatic carbocycles. The molecule has 1 aliphatic heterocycles. The van der Waals surface area contributed by atoms with Crippen molar-refractivity contribution in [3.8, 4) is 11.5 Å². The average molecular weight is 327 g/mol. The van der Waals surface area contributed by atoms with Gasteiger partial charge in [-0.25, -0.2) is 0 Å². The van der Waals surface area contributed by atoms with Gasteiger partial charge in [0.05, 0.1) is 5.92 Å². The van der Waals surface area contributed by atoms with E-state index in [0.717, 1.165) is 40.8 Å². The molecule has 102 valence electrons. The Labute approximate surface area is 119 Å². The van der Waals surface area contributed by atoms with Crippen molar-refractivity contribution in [3.63, 3.8) is 0 Å². The molecular weight excluding hydrogens is 312 g/mol. The summed E-state index contributed by atoms with van der Waals surface area (Å²) in [5.74, 6) is -0.179. The molecule has 1 fully saturated rings. The maximum absolute atomic E-state index is 10.9. The van der Waals surface area contributed by atoms with E-state index in [0.29, 0.717) is 6.42 Å². The third-order valence-electron chi connectivity index (χ3n) is 3.77.